The van der Waals surface area contributed by atoms with E-state index >= 15 is 0 Å². The van der Waals surface area contributed by atoms with Crippen molar-refractivity contribution >= 4 is 33.4 Å². The molecule has 3 nitrogen and oxygen atoms in total. The van der Waals surface area contributed by atoms with Crippen LogP contribution < -0.4 is 4.90 Å². The Hall–Kier alpha value is -1.16. The summed E-state index contributed by atoms with van der Waals surface area (Å²) >= 11 is 3.41. The molecule has 0 aromatic heterocycles. The predicted molar refractivity (Wildman–Crippen MR) is 69.7 cm³/mol. The smallest absolute Gasteiger partial charge is 0.237 e. The van der Waals surface area contributed by atoms with E-state index in [-0.39, 0.29) is 23.7 Å². The molecule has 1 saturated heterocycles. The molecule has 0 spiro atoms. The van der Waals surface area contributed by atoms with Crippen molar-refractivity contribution in [3.63, 3.8) is 0 Å². The molecule has 2 amide bonds. The van der Waals surface area contributed by atoms with Crippen molar-refractivity contribution in [2.45, 2.75) is 20.8 Å². The van der Waals surface area contributed by atoms with Crippen LogP contribution in [0.25, 0.3) is 0 Å². The molecule has 0 saturated carbocycles. The minimum absolute atomic E-state index is 0.108. The molecule has 17 heavy (non-hydrogen) atoms. The van der Waals surface area contributed by atoms with E-state index in [1.54, 1.807) is 19.9 Å². The van der Waals surface area contributed by atoms with Gasteiger partial charge in [-0.05, 0) is 24.6 Å². The van der Waals surface area contributed by atoms with Crippen molar-refractivity contribution in [3.05, 3.63) is 28.2 Å². The third kappa shape index (κ3) is 1.80. The zero-order valence-electron chi connectivity index (χ0n) is 10.0. The first kappa shape index (κ1) is 12.3. The van der Waals surface area contributed by atoms with Crippen molar-refractivity contribution in [1.29, 1.82) is 0 Å². The fourth-order valence-corrected chi connectivity index (χ4v) is 2.38. The second-order valence-corrected chi connectivity index (χ2v) is 5.33. The fraction of sp³-hybridized carbons (Fsp3) is 0.385. The van der Waals surface area contributed by atoms with E-state index in [0.717, 1.165) is 10.0 Å². The number of anilines is 1. The maximum absolute atomic E-state index is 12.1. The molecule has 0 N–H and O–H groups in total. The van der Waals surface area contributed by atoms with Crippen LogP contribution in [0.3, 0.4) is 0 Å². The highest BCUT2D eigenvalue weighted by Gasteiger charge is 2.43. The highest BCUT2D eigenvalue weighted by atomic mass is 79.9. The van der Waals surface area contributed by atoms with Gasteiger partial charge >= 0.3 is 0 Å². The molecular weight excluding hydrogens is 282 g/mol. The highest BCUT2D eigenvalue weighted by molar-refractivity contribution is 9.10. The van der Waals surface area contributed by atoms with Crippen molar-refractivity contribution < 1.29 is 9.59 Å². The van der Waals surface area contributed by atoms with Gasteiger partial charge in [-0.25, -0.2) is 4.90 Å². The largest absolute Gasteiger partial charge is 0.274 e. The fourth-order valence-electron chi connectivity index (χ4n) is 2.02. The summed E-state index contributed by atoms with van der Waals surface area (Å²) in [6, 6.07) is 5.54. The summed E-state index contributed by atoms with van der Waals surface area (Å²) in [5, 5.41) is 0. The van der Waals surface area contributed by atoms with Crippen molar-refractivity contribution in [2.24, 2.45) is 11.8 Å². The van der Waals surface area contributed by atoms with Gasteiger partial charge in [-0.2, -0.15) is 0 Å². The molecule has 1 aromatic carbocycles. The van der Waals surface area contributed by atoms with Gasteiger partial charge < -0.3 is 0 Å². The minimum atomic E-state index is -0.235. The quantitative estimate of drug-likeness (QED) is 0.747. The normalized spacial score (nSPS) is 24.6. The molecule has 90 valence electrons. The Morgan fingerprint density at radius 2 is 1.65 bits per heavy atom. The highest BCUT2D eigenvalue weighted by Crippen LogP contribution is 2.34. The van der Waals surface area contributed by atoms with E-state index in [1.807, 2.05) is 19.1 Å². The summed E-state index contributed by atoms with van der Waals surface area (Å²) in [4.78, 5) is 25.5. The average molecular weight is 296 g/mol. The first-order chi connectivity index (χ1) is 7.95. The Bertz CT molecular complexity index is 478. The molecule has 1 aliphatic heterocycles. The topological polar surface area (TPSA) is 37.4 Å². The van der Waals surface area contributed by atoms with Gasteiger partial charge in [0.15, 0.2) is 0 Å². The monoisotopic (exact) mass is 295 g/mol. The van der Waals surface area contributed by atoms with Crippen LogP contribution in [-0.2, 0) is 9.59 Å². The summed E-state index contributed by atoms with van der Waals surface area (Å²) in [7, 11) is 0. The van der Waals surface area contributed by atoms with Gasteiger partial charge in [-0.3, -0.25) is 9.59 Å². The molecule has 2 rings (SSSR count). The average Bonchev–Trinajstić information content (AvgIpc) is 2.49. The minimum Gasteiger partial charge on any atom is -0.274 e. The van der Waals surface area contributed by atoms with Crippen LogP contribution in [0.15, 0.2) is 22.7 Å². The van der Waals surface area contributed by atoms with Crippen LogP contribution in [0.2, 0.25) is 0 Å². The van der Waals surface area contributed by atoms with Crippen LogP contribution in [0, 0.1) is 18.8 Å². The van der Waals surface area contributed by atoms with E-state index < -0.39 is 0 Å². The lowest BCUT2D eigenvalue weighted by Crippen LogP contribution is -2.31. The van der Waals surface area contributed by atoms with E-state index in [9.17, 15) is 9.59 Å². The number of amides is 2. The number of benzene rings is 1. The summed E-state index contributed by atoms with van der Waals surface area (Å²) in [5.74, 6) is -0.686. The number of carbonyl (C=O) groups excluding carboxylic acids is 2. The lowest BCUT2D eigenvalue weighted by molar-refractivity contribution is -0.122. The van der Waals surface area contributed by atoms with Crippen LogP contribution in [-0.4, -0.2) is 11.8 Å². The molecule has 1 aromatic rings. The molecular formula is C13H14BrNO2. The summed E-state index contributed by atoms with van der Waals surface area (Å²) in [6.45, 7) is 5.50. The van der Waals surface area contributed by atoms with Gasteiger partial charge in [0.05, 0.1) is 5.69 Å². The molecule has 0 bridgehead atoms. The predicted octanol–water partition coefficient (Wildman–Crippen LogP) is 2.90. The number of halogens is 1. The molecule has 0 radical (unpaired) electrons. The molecule has 1 fully saturated rings. The van der Waals surface area contributed by atoms with Gasteiger partial charge in [0, 0.05) is 16.3 Å². The number of rotatable bonds is 1. The number of nitrogens with zero attached hydrogens (tertiary/aromatic N) is 1. The first-order valence-electron chi connectivity index (χ1n) is 5.58. The lowest BCUT2D eigenvalue weighted by atomic mass is 10.00. The lowest BCUT2D eigenvalue weighted by Gasteiger charge is -2.17. The van der Waals surface area contributed by atoms with E-state index in [1.165, 1.54) is 4.90 Å². The Morgan fingerprint density at radius 3 is 2.18 bits per heavy atom. The summed E-state index contributed by atoms with van der Waals surface area (Å²) < 4.78 is 0.905. The zero-order valence-corrected chi connectivity index (χ0v) is 11.6. The van der Waals surface area contributed by atoms with Gasteiger partial charge in [-0.15, -0.1) is 0 Å². The van der Waals surface area contributed by atoms with Crippen molar-refractivity contribution in [2.75, 3.05) is 4.90 Å². The van der Waals surface area contributed by atoms with Gasteiger partial charge in [0.1, 0.15) is 0 Å². The summed E-state index contributed by atoms with van der Waals surface area (Å²) in [5.41, 5.74) is 1.60. The Kier molecular flexibility index (Phi) is 3.08. The van der Waals surface area contributed by atoms with Crippen molar-refractivity contribution in [3.8, 4) is 0 Å². The van der Waals surface area contributed by atoms with Crippen LogP contribution >= 0.6 is 15.9 Å². The van der Waals surface area contributed by atoms with Crippen LogP contribution in [0.4, 0.5) is 5.69 Å². The molecule has 1 aliphatic rings. The summed E-state index contributed by atoms with van der Waals surface area (Å²) in [6.07, 6.45) is 0. The Balaban J connectivity index is 2.51. The SMILES string of the molecule is Cc1c(Br)cccc1N1C(=O)C(C)C(C)C1=O. The van der Waals surface area contributed by atoms with Crippen LogP contribution in [0.1, 0.15) is 19.4 Å². The van der Waals surface area contributed by atoms with Crippen molar-refractivity contribution in [1.82, 2.24) is 0 Å². The number of hydrogen-bond donors (Lipinski definition) is 0. The zero-order chi connectivity index (χ0) is 12.7. The van der Waals surface area contributed by atoms with E-state index in [2.05, 4.69) is 15.9 Å². The Labute approximate surface area is 109 Å². The number of carbonyl (C=O) groups is 2. The third-order valence-electron chi connectivity index (χ3n) is 3.45. The Morgan fingerprint density at radius 1 is 1.12 bits per heavy atom. The second kappa shape index (κ2) is 4.26. The third-order valence-corrected chi connectivity index (χ3v) is 4.31. The molecule has 4 heteroatoms. The second-order valence-electron chi connectivity index (χ2n) is 4.47. The van der Waals surface area contributed by atoms with Crippen LogP contribution in [0.5, 0.6) is 0 Å². The molecule has 2 unspecified atom stereocenters. The van der Waals surface area contributed by atoms with Gasteiger partial charge in [-0.1, -0.05) is 35.8 Å². The first-order valence-corrected chi connectivity index (χ1v) is 6.37. The van der Waals surface area contributed by atoms with Gasteiger partial charge in [0.25, 0.3) is 0 Å². The van der Waals surface area contributed by atoms with E-state index in [4.69, 9.17) is 0 Å². The van der Waals surface area contributed by atoms with Gasteiger partial charge in [0.2, 0.25) is 11.8 Å². The maximum atomic E-state index is 12.1. The molecule has 0 aliphatic carbocycles. The molecule has 2 atom stereocenters. The standard InChI is InChI=1S/C13H14BrNO2/c1-7-8(2)13(17)15(12(7)16)11-6-4-5-10(14)9(11)3/h4-8H,1-3H3. The van der Waals surface area contributed by atoms with E-state index in [0.29, 0.717) is 5.69 Å². The molecule has 1 heterocycles. The maximum Gasteiger partial charge on any atom is 0.237 e. The number of imide groups is 1. The number of hydrogen-bond acceptors (Lipinski definition) is 2.